The van der Waals surface area contributed by atoms with E-state index in [1.165, 1.54) is 6.08 Å². The fourth-order valence-corrected chi connectivity index (χ4v) is 1.52. The molecule has 16 heavy (non-hydrogen) atoms. The number of amides is 1. The smallest absolute Gasteiger partial charge is 0.271 e. The molecule has 0 atom stereocenters. The van der Waals surface area contributed by atoms with E-state index in [1.807, 2.05) is 12.1 Å². The largest absolute Gasteiger partial charge is 0.384 e. The zero-order valence-corrected chi connectivity index (χ0v) is 10.3. The Morgan fingerprint density at radius 2 is 2.25 bits per heavy atom. The van der Waals surface area contributed by atoms with Gasteiger partial charge in [0, 0.05) is 23.4 Å². The van der Waals surface area contributed by atoms with E-state index in [0.29, 0.717) is 11.4 Å². The minimum Gasteiger partial charge on any atom is -0.384 e. The Morgan fingerprint density at radius 1 is 1.50 bits per heavy atom. The van der Waals surface area contributed by atoms with Crippen LogP contribution in [0.4, 0.5) is 5.69 Å². The van der Waals surface area contributed by atoms with Gasteiger partial charge in [-0.15, -0.1) is 0 Å². The van der Waals surface area contributed by atoms with E-state index in [9.17, 15) is 4.79 Å². The molecule has 0 aromatic heterocycles. The molecule has 0 fully saturated rings. The van der Waals surface area contributed by atoms with Crippen molar-refractivity contribution < 1.29 is 4.79 Å². The van der Waals surface area contributed by atoms with Crippen LogP contribution in [0.3, 0.4) is 0 Å². The summed E-state index contributed by atoms with van der Waals surface area (Å²) in [5, 5.41) is 12.4. The van der Waals surface area contributed by atoms with Gasteiger partial charge in [-0.05, 0) is 24.3 Å². The molecule has 1 rings (SSSR count). The van der Waals surface area contributed by atoms with Crippen LogP contribution in [-0.4, -0.2) is 19.2 Å². The molecule has 0 aliphatic carbocycles. The lowest BCUT2D eigenvalue weighted by atomic mass is 10.3. The van der Waals surface area contributed by atoms with E-state index >= 15 is 0 Å². The lowest BCUT2D eigenvalue weighted by Gasteiger charge is -2.07. The van der Waals surface area contributed by atoms with Gasteiger partial charge in [0.25, 0.3) is 5.91 Å². The molecule has 1 aromatic carbocycles. The predicted octanol–water partition coefficient (Wildman–Crippen LogP) is 2.14. The van der Waals surface area contributed by atoms with Gasteiger partial charge in [-0.25, -0.2) is 0 Å². The predicted molar refractivity (Wildman–Crippen MR) is 68.7 cm³/mol. The lowest BCUT2D eigenvalue weighted by Crippen LogP contribution is -2.23. The van der Waals surface area contributed by atoms with Crippen LogP contribution in [0.1, 0.15) is 0 Å². The van der Waals surface area contributed by atoms with Crippen LogP contribution in [0.2, 0.25) is 0 Å². The van der Waals surface area contributed by atoms with Crippen LogP contribution in [0.15, 0.2) is 40.5 Å². The van der Waals surface area contributed by atoms with Crippen molar-refractivity contribution in [2.24, 2.45) is 0 Å². The van der Waals surface area contributed by atoms with Gasteiger partial charge >= 0.3 is 0 Å². The molecule has 1 amide bonds. The highest BCUT2D eigenvalue weighted by atomic mass is 79.9. The summed E-state index contributed by atoms with van der Waals surface area (Å²) in [5.74, 6) is -0.274. The number of benzene rings is 1. The van der Waals surface area contributed by atoms with Crippen LogP contribution in [0.25, 0.3) is 0 Å². The maximum Gasteiger partial charge on any atom is 0.271 e. The Bertz CT molecular complexity index is 429. The van der Waals surface area contributed by atoms with Crippen molar-refractivity contribution in [1.82, 2.24) is 5.32 Å². The highest BCUT2D eigenvalue weighted by Gasteiger charge is 2.06. The first-order valence-electron chi connectivity index (χ1n) is 4.63. The van der Waals surface area contributed by atoms with Gasteiger partial charge in [-0.2, -0.15) is 0 Å². The second-order valence-electron chi connectivity index (χ2n) is 2.96. The SMILES string of the molecule is CN/C(=C\C=N)C(=O)Nc1cccc(Br)c1. The average molecular weight is 282 g/mol. The molecule has 1 aromatic rings. The summed E-state index contributed by atoms with van der Waals surface area (Å²) in [5.41, 5.74) is 1.04. The molecule has 5 heteroatoms. The molecule has 84 valence electrons. The molecule has 0 aliphatic heterocycles. The third-order valence-corrected chi connectivity index (χ3v) is 2.34. The van der Waals surface area contributed by atoms with Crippen LogP contribution in [0, 0.1) is 5.41 Å². The molecule has 0 radical (unpaired) electrons. The van der Waals surface area contributed by atoms with Gasteiger partial charge in [0.05, 0.1) is 0 Å². The fourth-order valence-electron chi connectivity index (χ4n) is 1.12. The Hall–Kier alpha value is -1.62. The lowest BCUT2D eigenvalue weighted by molar-refractivity contribution is -0.113. The van der Waals surface area contributed by atoms with E-state index in [-0.39, 0.29) is 5.91 Å². The van der Waals surface area contributed by atoms with E-state index in [2.05, 4.69) is 26.6 Å². The Balaban J connectivity index is 2.78. The molecule has 0 saturated carbocycles. The van der Waals surface area contributed by atoms with E-state index in [1.54, 1.807) is 19.2 Å². The average Bonchev–Trinajstić information content (AvgIpc) is 2.25. The summed E-state index contributed by atoms with van der Waals surface area (Å²) in [7, 11) is 1.63. The van der Waals surface area contributed by atoms with Crippen LogP contribution in [0.5, 0.6) is 0 Å². The summed E-state index contributed by atoms with van der Waals surface area (Å²) in [6, 6.07) is 7.30. The van der Waals surface area contributed by atoms with Crippen molar-refractivity contribution in [2.75, 3.05) is 12.4 Å². The molecule has 0 spiro atoms. The molecule has 0 heterocycles. The summed E-state index contributed by atoms with van der Waals surface area (Å²) in [4.78, 5) is 11.7. The fraction of sp³-hybridized carbons (Fsp3) is 0.0909. The van der Waals surface area contributed by atoms with E-state index < -0.39 is 0 Å². The molecule has 0 bridgehead atoms. The first kappa shape index (κ1) is 12.4. The number of allylic oxidation sites excluding steroid dienone is 1. The third kappa shape index (κ3) is 3.51. The second kappa shape index (κ2) is 6.07. The second-order valence-corrected chi connectivity index (χ2v) is 3.88. The number of carbonyl (C=O) groups is 1. The van der Waals surface area contributed by atoms with Gasteiger partial charge < -0.3 is 16.0 Å². The minimum atomic E-state index is -0.274. The Kier molecular flexibility index (Phi) is 4.72. The van der Waals surface area contributed by atoms with Crippen molar-refractivity contribution in [3.63, 3.8) is 0 Å². The Morgan fingerprint density at radius 3 is 2.81 bits per heavy atom. The first-order valence-corrected chi connectivity index (χ1v) is 5.42. The summed E-state index contributed by atoms with van der Waals surface area (Å²) in [6.45, 7) is 0. The summed E-state index contributed by atoms with van der Waals surface area (Å²) < 4.78 is 0.896. The number of nitrogens with one attached hydrogen (secondary N) is 3. The van der Waals surface area contributed by atoms with Crippen molar-refractivity contribution >= 4 is 33.7 Å². The minimum absolute atomic E-state index is 0.274. The maximum atomic E-state index is 11.7. The number of anilines is 1. The van der Waals surface area contributed by atoms with Crippen LogP contribution >= 0.6 is 15.9 Å². The van der Waals surface area contributed by atoms with E-state index in [0.717, 1.165) is 10.7 Å². The van der Waals surface area contributed by atoms with Crippen molar-refractivity contribution in [3.8, 4) is 0 Å². The molecule has 3 N–H and O–H groups in total. The molecule has 4 nitrogen and oxygen atoms in total. The molecule has 0 saturated heterocycles. The Labute approximate surface area is 102 Å². The molecule has 0 aliphatic rings. The summed E-state index contributed by atoms with van der Waals surface area (Å²) in [6.07, 6.45) is 2.46. The molecule has 0 unspecified atom stereocenters. The van der Waals surface area contributed by atoms with Crippen molar-refractivity contribution in [1.29, 1.82) is 5.41 Å². The molecular formula is C11H12BrN3O. The van der Waals surface area contributed by atoms with Gasteiger partial charge in [-0.1, -0.05) is 22.0 Å². The topological polar surface area (TPSA) is 65.0 Å². The monoisotopic (exact) mass is 281 g/mol. The van der Waals surface area contributed by atoms with E-state index in [4.69, 9.17) is 5.41 Å². The van der Waals surface area contributed by atoms with Gasteiger partial charge in [0.15, 0.2) is 0 Å². The third-order valence-electron chi connectivity index (χ3n) is 1.85. The number of carbonyl (C=O) groups excluding carboxylic acids is 1. The van der Waals surface area contributed by atoms with Gasteiger partial charge in [0.1, 0.15) is 5.70 Å². The van der Waals surface area contributed by atoms with Crippen LogP contribution in [-0.2, 0) is 4.79 Å². The standard InChI is InChI=1S/C11H12BrN3O/c1-14-10(5-6-13)11(16)15-9-4-2-3-8(12)7-9/h2-7,13-14H,1H3,(H,15,16)/b10-5-,13-6?. The number of rotatable bonds is 4. The van der Waals surface area contributed by atoms with Crippen LogP contribution < -0.4 is 10.6 Å². The van der Waals surface area contributed by atoms with Gasteiger partial charge in [-0.3, -0.25) is 4.79 Å². The number of hydrogen-bond donors (Lipinski definition) is 3. The highest BCUT2D eigenvalue weighted by Crippen LogP contribution is 2.15. The summed E-state index contributed by atoms with van der Waals surface area (Å²) >= 11 is 3.32. The highest BCUT2D eigenvalue weighted by molar-refractivity contribution is 9.10. The maximum absolute atomic E-state index is 11.7. The molecular weight excluding hydrogens is 270 g/mol. The zero-order valence-electron chi connectivity index (χ0n) is 8.75. The quantitative estimate of drug-likeness (QED) is 0.585. The normalized spacial score (nSPS) is 10.8. The number of halogens is 1. The zero-order chi connectivity index (χ0) is 12.0. The van der Waals surface area contributed by atoms with Gasteiger partial charge in [0.2, 0.25) is 0 Å². The number of hydrogen-bond acceptors (Lipinski definition) is 3. The first-order chi connectivity index (χ1) is 7.67. The van der Waals surface area contributed by atoms with Crippen molar-refractivity contribution in [3.05, 3.63) is 40.5 Å². The van der Waals surface area contributed by atoms with Crippen molar-refractivity contribution in [2.45, 2.75) is 0 Å². The number of likely N-dealkylation sites (N-methyl/N-ethyl adjacent to an activating group) is 1.